The standard InChI is InChI=1S/C21H27NO6/c1-6-11(3)18(21(25)26)22-20(24)13(5)27-16-9-8-15-14(7-2)10-17(23)28-19(15)12(16)4/h8-11,13,18H,6-7H2,1-5H3,(H,22,24)(H,25,26)/t11-,13+,18-/m0/s1. The van der Waals surface area contributed by atoms with Gasteiger partial charge in [0.25, 0.3) is 5.91 Å². The van der Waals surface area contributed by atoms with Gasteiger partial charge in [0.1, 0.15) is 17.4 Å². The maximum Gasteiger partial charge on any atom is 0.336 e. The summed E-state index contributed by atoms with van der Waals surface area (Å²) >= 11 is 0. The molecule has 152 valence electrons. The van der Waals surface area contributed by atoms with Crippen molar-refractivity contribution >= 4 is 22.8 Å². The molecule has 1 aromatic heterocycles. The average molecular weight is 389 g/mol. The monoisotopic (exact) mass is 389 g/mol. The highest BCUT2D eigenvalue weighted by Gasteiger charge is 2.28. The van der Waals surface area contributed by atoms with E-state index in [1.54, 1.807) is 32.9 Å². The van der Waals surface area contributed by atoms with Gasteiger partial charge in [-0.25, -0.2) is 9.59 Å². The van der Waals surface area contributed by atoms with Crippen LogP contribution in [-0.2, 0) is 16.0 Å². The molecule has 2 aromatic rings. The number of hydrogen-bond donors (Lipinski definition) is 2. The van der Waals surface area contributed by atoms with Crippen molar-refractivity contribution in [3.8, 4) is 5.75 Å². The van der Waals surface area contributed by atoms with Crippen molar-refractivity contribution in [2.45, 2.75) is 59.6 Å². The van der Waals surface area contributed by atoms with Crippen molar-refractivity contribution in [2.24, 2.45) is 5.92 Å². The SMILES string of the molecule is CCc1cc(=O)oc2c(C)c(O[C@H](C)C(=O)N[C@H](C(=O)O)[C@@H](C)CC)ccc12. The Balaban J connectivity index is 2.26. The highest BCUT2D eigenvalue weighted by atomic mass is 16.5. The number of amides is 1. The van der Waals surface area contributed by atoms with Crippen molar-refractivity contribution in [3.05, 3.63) is 39.7 Å². The first kappa shape index (κ1) is 21.5. The van der Waals surface area contributed by atoms with Crippen molar-refractivity contribution in [2.75, 3.05) is 0 Å². The first-order valence-corrected chi connectivity index (χ1v) is 9.45. The Morgan fingerprint density at radius 3 is 2.50 bits per heavy atom. The molecular formula is C21H27NO6. The number of benzene rings is 1. The quantitative estimate of drug-likeness (QED) is 0.672. The van der Waals surface area contributed by atoms with Gasteiger partial charge >= 0.3 is 11.6 Å². The van der Waals surface area contributed by atoms with E-state index in [-0.39, 0.29) is 5.92 Å². The summed E-state index contributed by atoms with van der Waals surface area (Å²) in [6.45, 7) is 8.89. The van der Waals surface area contributed by atoms with E-state index in [2.05, 4.69) is 5.32 Å². The van der Waals surface area contributed by atoms with Gasteiger partial charge in [0.15, 0.2) is 6.10 Å². The van der Waals surface area contributed by atoms with Crippen LogP contribution in [0.1, 0.15) is 45.2 Å². The fraction of sp³-hybridized carbons (Fsp3) is 0.476. The summed E-state index contributed by atoms with van der Waals surface area (Å²) in [6.07, 6.45) is 0.394. The lowest BCUT2D eigenvalue weighted by Gasteiger charge is -2.23. The summed E-state index contributed by atoms with van der Waals surface area (Å²) in [5.74, 6) is -1.40. The minimum absolute atomic E-state index is 0.210. The number of carboxylic acids is 1. The molecule has 1 amide bonds. The van der Waals surface area contributed by atoms with Crippen LogP contribution in [0.5, 0.6) is 5.75 Å². The third-order valence-corrected chi connectivity index (χ3v) is 5.03. The van der Waals surface area contributed by atoms with E-state index in [1.165, 1.54) is 6.07 Å². The molecule has 0 saturated heterocycles. The van der Waals surface area contributed by atoms with Crippen LogP contribution in [0.2, 0.25) is 0 Å². The van der Waals surface area contributed by atoms with E-state index in [1.807, 2.05) is 13.8 Å². The Hall–Kier alpha value is -2.83. The smallest absolute Gasteiger partial charge is 0.336 e. The molecule has 0 fully saturated rings. The minimum atomic E-state index is -1.08. The summed E-state index contributed by atoms with van der Waals surface area (Å²) < 4.78 is 11.1. The molecule has 28 heavy (non-hydrogen) atoms. The Bertz CT molecular complexity index is 932. The molecule has 0 aliphatic heterocycles. The molecule has 0 aliphatic carbocycles. The van der Waals surface area contributed by atoms with E-state index in [0.29, 0.717) is 29.7 Å². The average Bonchev–Trinajstić information content (AvgIpc) is 2.66. The Kier molecular flexibility index (Phi) is 6.83. The molecule has 1 aromatic carbocycles. The van der Waals surface area contributed by atoms with Crippen LogP contribution >= 0.6 is 0 Å². The van der Waals surface area contributed by atoms with Gasteiger partial charge in [0, 0.05) is 17.0 Å². The summed E-state index contributed by atoms with van der Waals surface area (Å²) in [5, 5.41) is 12.7. The third-order valence-electron chi connectivity index (χ3n) is 5.03. The van der Waals surface area contributed by atoms with Crippen molar-refractivity contribution in [1.82, 2.24) is 5.32 Å². The molecule has 1 heterocycles. The van der Waals surface area contributed by atoms with E-state index < -0.39 is 29.6 Å². The van der Waals surface area contributed by atoms with Gasteiger partial charge in [0.05, 0.1) is 0 Å². The number of fused-ring (bicyclic) bond motifs is 1. The third kappa shape index (κ3) is 4.52. The summed E-state index contributed by atoms with van der Waals surface area (Å²) in [4.78, 5) is 35.7. The van der Waals surface area contributed by atoms with E-state index in [4.69, 9.17) is 9.15 Å². The second-order valence-electron chi connectivity index (χ2n) is 6.98. The topological polar surface area (TPSA) is 106 Å². The highest BCUT2D eigenvalue weighted by Crippen LogP contribution is 2.29. The molecule has 7 nitrogen and oxygen atoms in total. The van der Waals surface area contributed by atoms with Gasteiger partial charge in [-0.3, -0.25) is 4.79 Å². The number of nitrogens with one attached hydrogen (secondary N) is 1. The van der Waals surface area contributed by atoms with Gasteiger partial charge in [0.2, 0.25) is 0 Å². The lowest BCUT2D eigenvalue weighted by molar-refractivity contribution is -0.144. The maximum absolute atomic E-state index is 12.4. The van der Waals surface area contributed by atoms with Crippen LogP contribution in [0.3, 0.4) is 0 Å². The molecule has 0 bridgehead atoms. The van der Waals surface area contributed by atoms with Gasteiger partial charge in [-0.2, -0.15) is 0 Å². The number of hydrogen-bond acceptors (Lipinski definition) is 5. The molecule has 0 aliphatic rings. The molecule has 0 saturated carbocycles. The highest BCUT2D eigenvalue weighted by molar-refractivity contribution is 5.87. The second kappa shape index (κ2) is 8.91. The van der Waals surface area contributed by atoms with Crippen LogP contribution in [0, 0.1) is 12.8 Å². The van der Waals surface area contributed by atoms with Crippen LogP contribution in [0.25, 0.3) is 11.0 Å². The minimum Gasteiger partial charge on any atom is -0.480 e. The second-order valence-corrected chi connectivity index (χ2v) is 6.98. The number of aryl methyl sites for hydroxylation is 2. The van der Waals surface area contributed by atoms with Crippen LogP contribution in [0.15, 0.2) is 27.4 Å². The normalized spacial score (nSPS) is 14.3. The number of carbonyl (C=O) groups excluding carboxylic acids is 1. The lowest BCUT2D eigenvalue weighted by atomic mass is 9.99. The fourth-order valence-electron chi connectivity index (χ4n) is 3.03. The lowest BCUT2D eigenvalue weighted by Crippen LogP contribution is -2.49. The van der Waals surface area contributed by atoms with Crippen molar-refractivity contribution < 1.29 is 23.8 Å². The van der Waals surface area contributed by atoms with Crippen LogP contribution in [-0.4, -0.2) is 29.1 Å². The molecule has 2 N–H and O–H groups in total. The van der Waals surface area contributed by atoms with Gasteiger partial charge in [-0.05, 0) is 43.9 Å². The Labute approximate surface area is 163 Å². The zero-order valence-electron chi connectivity index (χ0n) is 16.9. The number of rotatable bonds is 8. The molecule has 0 unspecified atom stereocenters. The van der Waals surface area contributed by atoms with Crippen molar-refractivity contribution in [3.63, 3.8) is 0 Å². The van der Waals surface area contributed by atoms with Gasteiger partial charge in [-0.15, -0.1) is 0 Å². The first-order valence-electron chi connectivity index (χ1n) is 9.45. The zero-order valence-corrected chi connectivity index (χ0v) is 16.9. The first-order chi connectivity index (χ1) is 13.2. The molecule has 0 radical (unpaired) electrons. The number of carbonyl (C=O) groups is 2. The molecule has 3 atom stereocenters. The fourth-order valence-corrected chi connectivity index (χ4v) is 3.03. The van der Waals surface area contributed by atoms with E-state index >= 15 is 0 Å². The summed E-state index contributed by atoms with van der Waals surface area (Å²) in [5.41, 5.74) is 1.48. The summed E-state index contributed by atoms with van der Waals surface area (Å²) in [7, 11) is 0. The maximum atomic E-state index is 12.4. The Morgan fingerprint density at radius 1 is 1.25 bits per heavy atom. The molecule has 7 heteroatoms. The molecule has 0 spiro atoms. The molecule has 2 rings (SSSR count). The number of carboxylic acid groups (broad SMARTS) is 1. The van der Waals surface area contributed by atoms with E-state index in [0.717, 1.165) is 10.9 Å². The number of ether oxygens (including phenoxy) is 1. The predicted molar refractivity (Wildman–Crippen MR) is 106 cm³/mol. The van der Waals surface area contributed by atoms with Crippen molar-refractivity contribution in [1.29, 1.82) is 0 Å². The van der Waals surface area contributed by atoms with Crippen LogP contribution in [0.4, 0.5) is 0 Å². The zero-order chi connectivity index (χ0) is 21.0. The molecular weight excluding hydrogens is 362 g/mol. The number of aliphatic carboxylic acids is 1. The predicted octanol–water partition coefficient (Wildman–Crippen LogP) is 3.05. The van der Waals surface area contributed by atoms with E-state index in [9.17, 15) is 19.5 Å². The van der Waals surface area contributed by atoms with Gasteiger partial charge in [-0.1, -0.05) is 27.2 Å². The largest absolute Gasteiger partial charge is 0.480 e. The van der Waals surface area contributed by atoms with Crippen LogP contribution < -0.4 is 15.7 Å². The Morgan fingerprint density at radius 2 is 1.93 bits per heavy atom. The summed E-state index contributed by atoms with van der Waals surface area (Å²) in [6, 6.07) is 4.01. The van der Waals surface area contributed by atoms with Gasteiger partial charge < -0.3 is 19.6 Å².